The molecule has 0 aromatic carbocycles. The molecule has 0 aromatic heterocycles. The third-order valence-corrected chi connectivity index (χ3v) is 1.66. The number of nitrogens with zero attached hydrogens (tertiary/aromatic N) is 2. The van der Waals surface area contributed by atoms with E-state index >= 15 is 0 Å². The van der Waals surface area contributed by atoms with E-state index in [1.807, 2.05) is 32.0 Å². The summed E-state index contributed by atoms with van der Waals surface area (Å²) in [5.41, 5.74) is 2.26. The van der Waals surface area contributed by atoms with Crippen molar-refractivity contribution < 1.29 is 0 Å². The maximum absolute atomic E-state index is 4.22. The van der Waals surface area contributed by atoms with Gasteiger partial charge in [-0.2, -0.15) is 0 Å². The van der Waals surface area contributed by atoms with Gasteiger partial charge in [-0.1, -0.05) is 6.58 Å². The van der Waals surface area contributed by atoms with E-state index in [1.165, 1.54) is 5.57 Å². The van der Waals surface area contributed by atoms with Gasteiger partial charge >= 0.3 is 0 Å². The van der Waals surface area contributed by atoms with Gasteiger partial charge in [0.1, 0.15) is 5.82 Å². The first kappa shape index (κ1) is 7.06. The summed E-state index contributed by atoms with van der Waals surface area (Å²) in [5.74, 6) is 0.808. The van der Waals surface area contributed by atoms with Gasteiger partial charge < -0.3 is 4.90 Å². The maximum atomic E-state index is 4.22. The molecule has 0 saturated heterocycles. The number of allylic oxidation sites excluding steroid dienone is 1. The molecule has 0 N–H and O–H groups in total. The summed E-state index contributed by atoms with van der Waals surface area (Å²) in [5, 5.41) is 0. The van der Waals surface area contributed by atoms with Crippen LogP contribution in [0, 0.1) is 0 Å². The number of aliphatic imine (C=N–C) groups is 1. The molecule has 1 aliphatic rings. The molecule has 2 heteroatoms. The molecular formula is C8H12N2. The fourth-order valence-corrected chi connectivity index (χ4v) is 0.819. The van der Waals surface area contributed by atoms with E-state index in [1.54, 1.807) is 0 Å². The van der Waals surface area contributed by atoms with Crippen LogP contribution in [0.25, 0.3) is 0 Å². The summed E-state index contributed by atoms with van der Waals surface area (Å²) in [6.07, 6.45) is 2.03. The van der Waals surface area contributed by atoms with Gasteiger partial charge in [-0.05, 0) is 19.4 Å². The Morgan fingerprint density at radius 2 is 2.10 bits per heavy atom. The first-order valence-corrected chi connectivity index (χ1v) is 3.27. The van der Waals surface area contributed by atoms with Crippen LogP contribution in [-0.2, 0) is 0 Å². The lowest BCUT2D eigenvalue weighted by Gasteiger charge is -2.20. The summed E-state index contributed by atoms with van der Waals surface area (Å²) in [7, 11) is 1.95. The first-order chi connectivity index (χ1) is 4.61. The van der Waals surface area contributed by atoms with E-state index in [0.29, 0.717) is 0 Å². The average Bonchev–Trinajstić information content (AvgIpc) is 1.84. The van der Waals surface area contributed by atoms with Crippen molar-refractivity contribution in [1.29, 1.82) is 0 Å². The molecule has 0 unspecified atom stereocenters. The molecule has 54 valence electrons. The predicted octanol–water partition coefficient (Wildman–Crippen LogP) is 1.77. The SMILES string of the molecule is C=C1N=C(C)C(C)=CN1C. The van der Waals surface area contributed by atoms with Gasteiger partial charge in [0.05, 0.1) is 0 Å². The van der Waals surface area contributed by atoms with Crippen LogP contribution in [0.5, 0.6) is 0 Å². The summed E-state index contributed by atoms with van der Waals surface area (Å²) < 4.78 is 0. The molecule has 0 saturated carbocycles. The Bertz CT molecular complexity index is 223. The molecule has 0 bridgehead atoms. The van der Waals surface area contributed by atoms with Crippen molar-refractivity contribution in [2.24, 2.45) is 4.99 Å². The van der Waals surface area contributed by atoms with Gasteiger partial charge in [0.15, 0.2) is 0 Å². The minimum Gasteiger partial charge on any atom is -0.336 e. The molecule has 0 aromatic rings. The van der Waals surface area contributed by atoms with E-state index in [2.05, 4.69) is 11.6 Å². The third kappa shape index (κ3) is 1.10. The van der Waals surface area contributed by atoms with E-state index in [4.69, 9.17) is 0 Å². The van der Waals surface area contributed by atoms with Crippen molar-refractivity contribution in [3.63, 3.8) is 0 Å². The Balaban J connectivity index is 2.94. The second kappa shape index (κ2) is 2.29. The first-order valence-electron chi connectivity index (χ1n) is 3.27. The highest BCUT2D eigenvalue weighted by Gasteiger charge is 2.06. The minimum absolute atomic E-state index is 0.808. The van der Waals surface area contributed by atoms with E-state index in [9.17, 15) is 0 Å². The Morgan fingerprint density at radius 3 is 2.60 bits per heavy atom. The summed E-state index contributed by atoms with van der Waals surface area (Å²) in [4.78, 5) is 6.14. The van der Waals surface area contributed by atoms with E-state index in [0.717, 1.165) is 11.5 Å². The molecule has 0 spiro atoms. The molecule has 1 heterocycles. The van der Waals surface area contributed by atoms with E-state index < -0.39 is 0 Å². The highest BCUT2D eigenvalue weighted by atomic mass is 15.2. The highest BCUT2D eigenvalue weighted by Crippen LogP contribution is 2.12. The molecule has 0 aliphatic carbocycles. The lowest BCUT2D eigenvalue weighted by molar-refractivity contribution is 0.555. The number of hydrogen-bond acceptors (Lipinski definition) is 2. The Hall–Kier alpha value is -1.05. The Labute approximate surface area is 61.6 Å². The maximum Gasteiger partial charge on any atom is 0.125 e. The summed E-state index contributed by atoms with van der Waals surface area (Å²) >= 11 is 0. The van der Waals surface area contributed by atoms with Crippen LogP contribution in [0.2, 0.25) is 0 Å². The minimum atomic E-state index is 0.808. The highest BCUT2D eigenvalue weighted by molar-refractivity contribution is 5.98. The average molecular weight is 136 g/mol. The molecule has 1 rings (SSSR count). The summed E-state index contributed by atoms with van der Waals surface area (Å²) in [6, 6.07) is 0. The quantitative estimate of drug-likeness (QED) is 0.495. The van der Waals surface area contributed by atoms with Crippen molar-refractivity contribution >= 4 is 5.71 Å². The second-order valence-electron chi connectivity index (χ2n) is 2.54. The Morgan fingerprint density at radius 1 is 1.50 bits per heavy atom. The number of hydrogen-bond donors (Lipinski definition) is 0. The standard InChI is InChI=1S/C8H12N2/c1-6-5-10(4)8(3)9-7(6)2/h5H,3H2,1-2,4H3. The van der Waals surface area contributed by atoms with Gasteiger partial charge in [0.25, 0.3) is 0 Å². The lowest BCUT2D eigenvalue weighted by Crippen LogP contribution is -2.15. The monoisotopic (exact) mass is 136 g/mol. The van der Waals surface area contributed by atoms with Crippen LogP contribution < -0.4 is 0 Å². The smallest absolute Gasteiger partial charge is 0.125 e. The number of rotatable bonds is 0. The van der Waals surface area contributed by atoms with Crippen molar-refractivity contribution in [3.8, 4) is 0 Å². The van der Waals surface area contributed by atoms with Crippen LogP contribution in [-0.4, -0.2) is 17.7 Å². The van der Waals surface area contributed by atoms with Crippen LogP contribution in [0.1, 0.15) is 13.8 Å². The lowest BCUT2D eigenvalue weighted by atomic mass is 10.2. The molecule has 10 heavy (non-hydrogen) atoms. The van der Waals surface area contributed by atoms with Crippen LogP contribution >= 0.6 is 0 Å². The van der Waals surface area contributed by atoms with Crippen LogP contribution in [0.15, 0.2) is 29.2 Å². The van der Waals surface area contributed by atoms with Crippen molar-refractivity contribution in [1.82, 2.24) is 4.90 Å². The zero-order valence-electron chi connectivity index (χ0n) is 6.68. The zero-order valence-corrected chi connectivity index (χ0v) is 6.68. The fraction of sp³-hybridized carbons (Fsp3) is 0.375. The van der Waals surface area contributed by atoms with Crippen molar-refractivity contribution in [3.05, 3.63) is 24.2 Å². The predicted molar refractivity (Wildman–Crippen MR) is 43.8 cm³/mol. The van der Waals surface area contributed by atoms with Gasteiger partial charge in [0, 0.05) is 19.0 Å². The normalized spacial score (nSPS) is 18.7. The largest absolute Gasteiger partial charge is 0.336 e. The van der Waals surface area contributed by atoms with Gasteiger partial charge in [-0.3, -0.25) is 0 Å². The van der Waals surface area contributed by atoms with Crippen molar-refractivity contribution in [2.45, 2.75) is 13.8 Å². The molecule has 1 aliphatic heterocycles. The van der Waals surface area contributed by atoms with Gasteiger partial charge in [-0.15, -0.1) is 0 Å². The topological polar surface area (TPSA) is 15.6 Å². The summed E-state index contributed by atoms with van der Waals surface area (Å²) in [6.45, 7) is 7.81. The molecular weight excluding hydrogens is 124 g/mol. The van der Waals surface area contributed by atoms with Crippen molar-refractivity contribution in [2.75, 3.05) is 7.05 Å². The molecule has 0 radical (unpaired) electrons. The molecule has 0 atom stereocenters. The van der Waals surface area contributed by atoms with Crippen LogP contribution in [0.4, 0.5) is 0 Å². The second-order valence-corrected chi connectivity index (χ2v) is 2.54. The molecule has 2 nitrogen and oxygen atoms in total. The third-order valence-electron chi connectivity index (χ3n) is 1.66. The van der Waals surface area contributed by atoms with Crippen LogP contribution in [0.3, 0.4) is 0 Å². The zero-order chi connectivity index (χ0) is 7.72. The molecule has 0 amide bonds. The van der Waals surface area contributed by atoms with Gasteiger partial charge in [-0.25, -0.2) is 4.99 Å². The van der Waals surface area contributed by atoms with E-state index in [-0.39, 0.29) is 0 Å². The molecule has 0 fully saturated rings. The fourth-order valence-electron chi connectivity index (χ4n) is 0.819. The van der Waals surface area contributed by atoms with Gasteiger partial charge in [0.2, 0.25) is 0 Å². The Kier molecular flexibility index (Phi) is 1.62.